The van der Waals surface area contributed by atoms with Gasteiger partial charge in [-0.25, -0.2) is 0 Å². The lowest BCUT2D eigenvalue weighted by Crippen LogP contribution is -2.42. The molecule has 0 aromatic carbocycles. The normalized spacial score (nSPS) is 26.7. The second-order valence-corrected chi connectivity index (χ2v) is 5.52. The van der Waals surface area contributed by atoms with Crippen LogP contribution in [0, 0.1) is 11.8 Å². The Morgan fingerprint density at radius 2 is 2.11 bits per heavy atom. The Balaban J connectivity index is 2.53. The Morgan fingerprint density at radius 1 is 1.44 bits per heavy atom. The third-order valence-electron chi connectivity index (χ3n) is 3.53. The summed E-state index contributed by atoms with van der Waals surface area (Å²) in [5, 5.41) is 3.43. The van der Waals surface area contributed by atoms with Crippen LogP contribution in [-0.2, 0) is 4.79 Å². The molecule has 0 aliphatic heterocycles. The maximum atomic E-state index is 12.6. The fraction of sp³-hybridized carbons (Fsp3) is 0.917. The number of nitrogens with one attached hydrogen (secondary N) is 1. The van der Waals surface area contributed by atoms with Gasteiger partial charge in [0.15, 0.2) is 0 Å². The van der Waals surface area contributed by atoms with E-state index in [1.165, 1.54) is 0 Å². The Bertz CT molecular complexity index is 279. The van der Waals surface area contributed by atoms with Crippen molar-refractivity contribution in [2.45, 2.75) is 51.2 Å². The summed E-state index contributed by atoms with van der Waals surface area (Å²) in [4.78, 5) is 11.9. The molecular formula is C12H19BrF3NO. The van der Waals surface area contributed by atoms with Crippen molar-refractivity contribution in [1.82, 2.24) is 5.32 Å². The minimum Gasteiger partial charge on any atom is -0.352 e. The van der Waals surface area contributed by atoms with E-state index in [0.29, 0.717) is 18.2 Å². The van der Waals surface area contributed by atoms with Crippen LogP contribution in [0.3, 0.4) is 0 Å². The highest BCUT2D eigenvalue weighted by Gasteiger charge is 2.43. The minimum absolute atomic E-state index is 0.00348. The van der Waals surface area contributed by atoms with Gasteiger partial charge in [0.25, 0.3) is 0 Å². The van der Waals surface area contributed by atoms with Crippen molar-refractivity contribution in [2.24, 2.45) is 11.8 Å². The number of halogens is 4. The molecule has 0 bridgehead atoms. The van der Waals surface area contributed by atoms with E-state index in [9.17, 15) is 18.0 Å². The van der Waals surface area contributed by atoms with Crippen molar-refractivity contribution < 1.29 is 18.0 Å². The summed E-state index contributed by atoms with van der Waals surface area (Å²) in [6.07, 6.45) is -2.26. The van der Waals surface area contributed by atoms with Gasteiger partial charge in [0.1, 0.15) is 0 Å². The van der Waals surface area contributed by atoms with Crippen molar-refractivity contribution >= 4 is 21.8 Å². The molecule has 3 atom stereocenters. The van der Waals surface area contributed by atoms with Crippen LogP contribution in [0.4, 0.5) is 13.2 Å². The maximum Gasteiger partial charge on any atom is 0.391 e. The van der Waals surface area contributed by atoms with Gasteiger partial charge in [-0.2, -0.15) is 13.2 Å². The topological polar surface area (TPSA) is 29.1 Å². The predicted molar refractivity (Wildman–Crippen MR) is 67.5 cm³/mol. The van der Waals surface area contributed by atoms with E-state index in [4.69, 9.17) is 0 Å². The average molecular weight is 330 g/mol. The van der Waals surface area contributed by atoms with E-state index in [-0.39, 0.29) is 24.8 Å². The summed E-state index contributed by atoms with van der Waals surface area (Å²) in [6, 6.07) is 0.00348. The first kappa shape index (κ1) is 15.8. The van der Waals surface area contributed by atoms with Gasteiger partial charge in [0.05, 0.1) is 5.92 Å². The van der Waals surface area contributed by atoms with Gasteiger partial charge in [-0.15, -0.1) is 0 Å². The second-order valence-electron chi connectivity index (χ2n) is 4.87. The van der Waals surface area contributed by atoms with Crippen LogP contribution in [-0.4, -0.2) is 23.5 Å². The molecule has 18 heavy (non-hydrogen) atoms. The highest BCUT2D eigenvalue weighted by Crippen LogP contribution is 2.39. The van der Waals surface area contributed by atoms with Crippen molar-refractivity contribution in [3.05, 3.63) is 0 Å². The number of rotatable bonds is 4. The number of carbonyl (C=O) groups is 1. The molecule has 0 heterocycles. The first-order valence-electron chi connectivity index (χ1n) is 6.31. The van der Waals surface area contributed by atoms with Crippen molar-refractivity contribution in [1.29, 1.82) is 0 Å². The fourth-order valence-corrected chi connectivity index (χ4v) is 2.91. The van der Waals surface area contributed by atoms with Gasteiger partial charge >= 0.3 is 6.18 Å². The van der Waals surface area contributed by atoms with Crippen LogP contribution >= 0.6 is 15.9 Å². The lowest BCUT2D eigenvalue weighted by atomic mass is 9.80. The molecule has 1 amide bonds. The van der Waals surface area contributed by atoms with E-state index >= 15 is 0 Å². The quantitative estimate of drug-likeness (QED) is 0.784. The Hall–Kier alpha value is -0.260. The maximum absolute atomic E-state index is 12.6. The number of hydrogen-bond acceptors (Lipinski definition) is 1. The fourth-order valence-electron chi connectivity index (χ4n) is 2.29. The smallest absolute Gasteiger partial charge is 0.352 e. The SMILES string of the molecule is CCC(CBr)NC(=O)C1CCCC(C(F)(F)F)C1. The van der Waals surface area contributed by atoms with Crippen LogP contribution in [0.5, 0.6) is 0 Å². The first-order chi connectivity index (χ1) is 8.38. The van der Waals surface area contributed by atoms with Gasteiger partial charge in [-0.05, 0) is 25.7 Å². The Kier molecular flexibility index (Phi) is 5.95. The number of amides is 1. The van der Waals surface area contributed by atoms with E-state index in [2.05, 4.69) is 21.2 Å². The number of hydrogen-bond donors (Lipinski definition) is 1. The largest absolute Gasteiger partial charge is 0.391 e. The minimum atomic E-state index is -4.17. The van der Waals surface area contributed by atoms with Gasteiger partial charge in [0, 0.05) is 17.3 Å². The Morgan fingerprint density at radius 3 is 2.61 bits per heavy atom. The highest BCUT2D eigenvalue weighted by atomic mass is 79.9. The summed E-state index contributed by atoms with van der Waals surface area (Å²) in [6.45, 7) is 1.94. The Labute approximate surface area is 114 Å². The third kappa shape index (κ3) is 4.44. The molecule has 1 fully saturated rings. The molecule has 0 aromatic heterocycles. The predicted octanol–water partition coefficient (Wildman–Crippen LogP) is 3.64. The molecule has 1 aliphatic rings. The molecule has 1 saturated carbocycles. The standard InChI is InChI=1S/C12H19BrF3NO/c1-2-10(7-13)17-11(18)8-4-3-5-9(6-8)12(14,15)16/h8-10H,2-7H2,1H3,(H,17,18). The van der Waals surface area contributed by atoms with E-state index in [1.807, 2.05) is 6.92 Å². The van der Waals surface area contributed by atoms with Gasteiger partial charge in [0.2, 0.25) is 5.91 Å². The van der Waals surface area contributed by atoms with Crippen LogP contribution in [0.2, 0.25) is 0 Å². The number of alkyl halides is 4. The van der Waals surface area contributed by atoms with Gasteiger partial charge in [-0.3, -0.25) is 4.79 Å². The van der Waals surface area contributed by atoms with Crippen LogP contribution in [0.1, 0.15) is 39.0 Å². The lowest BCUT2D eigenvalue weighted by Gasteiger charge is -2.30. The van der Waals surface area contributed by atoms with Gasteiger partial charge < -0.3 is 5.32 Å². The van der Waals surface area contributed by atoms with Gasteiger partial charge in [-0.1, -0.05) is 29.3 Å². The molecule has 106 valence electrons. The molecule has 1 rings (SSSR count). The molecule has 1 N–H and O–H groups in total. The molecular weight excluding hydrogens is 311 g/mol. The zero-order valence-electron chi connectivity index (χ0n) is 10.4. The molecule has 1 aliphatic carbocycles. The van der Waals surface area contributed by atoms with E-state index in [1.54, 1.807) is 0 Å². The monoisotopic (exact) mass is 329 g/mol. The summed E-state index contributed by atoms with van der Waals surface area (Å²) < 4.78 is 37.9. The summed E-state index contributed by atoms with van der Waals surface area (Å²) in [5.74, 6) is -2.03. The highest BCUT2D eigenvalue weighted by molar-refractivity contribution is 9.09. The molecule has 0 saturated heterocycles. The van der Waals surface area contributed by atoms with E-state index in [0.717, 1.165) is 6.42 Å². The average Bonchev–Trinajstić information content (AvgIpc) is 2.34. The van der Waals surface area contributed by atoms with Crippen LogP contribution in [0.25, 0.3) is 0 Å². The summed E-state index contributed by atoms with van der Waals surface area (Å²) >= 11 is 3.28. The molecule has 0 spiro atoms. The number of carbonyl (C=O) groups excluding carboxylic acids is 1. The molecule has 2 nitrogen and oxygen atoms in total. The molecule has 3 unspecified atom stereocenters. The van der Waals surface area contributed by atoms with Crippen LogP contribution in [0.15, 0.2) is 0 Å². The zero-order chi connectivity index (χ0) is 13.8. The first-order valence-corrected chi connectivity index (χ1v) is 7.43. The van der Waals surface area contributed by atoms with E-state index < -0.39 is 18.0 Å². The lowest BCUT2D eigenvalue weighted by molar-refractivity contribution is -0.186. The van der Waals surface area contributed by atoms with Crippen molar-refractivity contribution in [3.8, 4) is 0 Å². The zero-order valence-corrected chi connectivity index (χ0v) is 12.0. The molecule has 6 heteroatoms. The summed E-state index contributed by atoms with van der Waals surface area (Å²) in [5.41, 5.74) is 0. The second kappa shape index (κ2) is 6.78. The van der Waals surface area contributed by atoms with Crippen LogP contribution < -0.4 is 5.32 Å². The molecule has 0 radical (unpaired) electrons. The molecule has 0 aromatic rings. The van der Waals surface area contributed by atoms with Crippen molar-refractivity contribution in [2.75, 3.05) is 5.33 Å². The third-order valence-corrected chi connectivity index (χ3v) is 4.31. The summed E-state index contributed by atoms with van der Waals surface area (Å²) in [7, 11) is 0. The van der Waals surface area contributed by atoms with Crippen molar-refractivity contribution in [3.63, 3.8) is 0 Å².